The SMILES string of the molecule is Clc1cc(Cl)cc(CCc2cc3ccc(Br)cc3[nH]2)c1. The zero-order valence-corrected chi connectivity index (χ0v) is 13.7. The van der Waals surface area contributed by atoms with Gasteiger partial charge in [-0.1, -0.05) is 45.2 Å². The van der Waals surface area contributed by atoms with Crippen LogP contribution >= 0.6 is 39.1 Å². The standard InChI is InChI=1S/C16H12BrCl2N/c17-12-3-2-11-7-15(20-16(11)8-12)4-1-10-5-13(18)9-14(19)6-10/h2-3,5-9,20H,1,4H2. The summed E-state index contributed by atoms with van der Waals surface area (Å²) < 4.78 is 1.08. The van der Waals surface area contributed by atoms with Gasteiger partial charge in [0.1, 0.15) is 0 Å². The highest BCUT2D eigenvalue weighted by Gasteiger charge is 2.03. The summed E-state index contributed by atoms with van der Waals surface area (Å²) in [5, 5.41) is 2.61. The topological polar surface area (TPSA) is 15.8 Å². The van der Waals surface area contributed by atoms with Crippen molar-refractivity contribution < 1.29 is 0 Å². The predicted octanol–water partition coefficient (Wildman–Crippen LogP) is 6.02. The Hall–Kier alpha value is -0.960. The van der Waals surface area contributed by atoms with Gasteiger partial charge in [0.25, 0.3) is 0 Å². The molecular weight excluding hydrogens is 357 g/mol. The second kappa shape index (κ2) is 5.80. The zero-order valence-electron chi connectivity index (χ0n) is 10.6. The van der Waals surface area contributed by atoms with E-state index in [2.05, 4.69) is 45.2 Å². The molecule has 1 aromatic heterocycles. The molecule has 4 heteroatoms. The first-order valence-corrected chi connectivity index (χ1v) is 7.87. The van der Waals surface area contributed by atoms with Gasteiger partial charge < -0.3 is 4.98 Å². The summed E-state index contributed by atoms with van der Waals surface area (Å²) >= 11 is 15.5. The minimum Gasteiger partial charge on any atom is -0.358 e. The summed E-state index contributed by atoms with van der Waals surface area (Å²) in [6, 6.07) is 14.1. The van der Waals surface area contributed by atoms with E-state index in [0.717, 1.165) is 28.4 Å². The van der Waals surface area contributed by atoms with E-state index >= 15 is 0 Å². The summed E-state index contributed by atoms with van der Waals surface area (Å²) in [5.41, 5.74) is 3.52. The minimum atomic E-state index is 0.688. The van der Waals surface area contributed by atoms with Gasteiger partial charge in [-0.2, -0.15) is 0 Å². The fraction of sp³-hybridized carbons (Fsp3) is 0.125. The number of H-pyrrole nitrogens is 1. The quantitative estimate of drug-likeness (QED) is 0.581. The highest BCUT2D eigenvalue weighted by Crippen LogP contribution is 2.23. The second-order valence-corrected chi connectivity index (χ2v) is 6.59. The lowest BCUT2D eigenvalue weighted by Gasteiger charge is -2.02. The lowest BCUT2D eigenvalue weighted by Crippen LogP contribution is -1.91. The van der Waals surface area contributed by atoms with Gasteiger partial charge in [0.05, 0.1) is 0 Å². The molecule has 20 heavy (non-hydrogen) atoms. The van der Waals surface area contributed by atoms with E-state index < -0.39 is 0 Å². The van der Waals surface area contributed by atoms with E-state index in [9.17, 15) is 0 Å². The molecule has 0 radical (unpaired) electrons. The van der Waals surface area contributed by atoms with E-state index in [1.807, 2.05) is 12.1 Å². The van der Waals surface area contributed by atoms with Crippen molar-refractivity contribution in [3.8, 4) is 0 Å². The summed E-state index contributed by atoms with van der Waals surface area (Å²) in [5.74, 6) is 0. The molecule has 0 fully saturated rings. The van der Waals surface area contributed by atoms with Crippen LogP contribution in [0.15, 0.2) is 46.9 Å². The number of nitrogens with one attached hydrogen (secondary N) is 1. The lowest BCUT2D eigenvalue weighted by atomic mass is 10.1. The zero-order chi connectivity index (χ0) is 14.1. The third-order valence-electron chi connectivity index (χ3n) is 3.25. The molecule has 1 N–H and O–H groups in total. The van der Waals surface area contributed by atoms with Crippen molar-refractivity contribution in [2.75, 3.05) is 0 Å². The Morgan fingerprint density at radius 2 is 1.65 bits per heavy atom. The highest BCUT2D eigenvalue weighted by molar-refractivity contribution is 9.10. The first-order chi connectivity index (χ1) is 9.60. The number of hydrogen-bond donors (Lipinski definition) is 1. The minimum absolute atomic E-state index is 0.688. The van der Waals surface area contributed by atoms with Crippen LogP contribution in [0.3, 0.4) is 0 Å². The van der Waals surface area contributed by atoms with Crippen LogP contribution in [-0.2, 0) is 12.8 Å². The van der Waals surface area contributed by atoms with Crippen LogP contribution in [0.2, 0.25) is 10.0 Å². The lowest BCUT2D eigenvalue weighted by molar-refractivity contribution is 0.930. The molecular formula is C16H12BrCl2N. The molecule has 1 heterocycles. The van der Waals surface area contributed by atoms with Gasteiger partial charge in [0.15, 0.2) is 0 Å². The molecule has 0 aliphatic carbocycles. The van der Waals surface area contributed by atoms with E-state index in [1.165, 1.54) is 11.1 Å². The fourth-order valence-corrected chi connectivity index (χ4v) is 3.26. The van der Waals surface area contributed by atoms with Gasteiger partial charge in [-0.05, 0) is 60.2 Å². The van der Waals surface area contributed by atoms with E-state index in [0.29, 0.717) is 10.0 Å². The van der Waals surface area contributed by atoms with Crippen LogP contribution < -0.4 is 0 Å². The molecule has 0 aliphatic rings. The third kappa shape index (κ3) is 3.20. The maximum atomic E-state index is 6.02. The third-order valence-corrected chi connectivity index (χ3v) is 4.18. The molecule has 102 valence electrons. The Balaban J connectivity index is 1.79. The summed E-state index contributed by atoms with van der Waals surface area (Å²) in [7, 11) is 0. The van der Waals surface area contributed by atoms with Gasteiger partial charge in [-0.3, -0.25) is 0 Å². The monoisotopic (exact) mass is 367 g/mol. The van der Waals surface area contributed by atoms with Crippen molar-refractivity contribution in [3.05, 3.63) is 68.2 Å². The molecule has 0 bridgehead atoms. The van der Waals surface area contributed by atoms with Gasteiger partial charge in [-0.15, -0.1) is 0 Å². The molecule has 0 amide bonds. The van der Waals surface area contributed by atoms with Gasteiger partial charge in [-0.25, -0.2) is 0 Å². The van der Waals surface area contributed by atoms with Crippen LogP contribution in [-0.4, -0.2) is 4.98 Å². The van der Waals surface area contributed by atoms with Gasteiger partial charge >= 0.3 is 0 Å². The Morgan fingerprint density at radius 3 is 2.40 bits per heavy atom. The van der Waals surface area contributed by atoms with Crippen molar-refractivity contribution in [3.63, 3.8) is 0 Å². The number of aromatic nitrogens is 1. The van der Waals surface area contributed by atoms with Crippen molar-refractivity contribution in [2.45, 2.75) is 12.8 Å². The summed E-state index contributed by atoms with van der Waals surface area (Å²) in [6.07, 6.45) is 1.84. The predicted molar refractivity (Wildman–Crippen MR) is 89.9 cm³/mol. The van der Waals surface area contributed by atoms with Crippen LogP contribution in [0.5, 0.6) is 0 Å². The molecule has 3 rings (SSSR count). The van der Waals surface area contributed by atoms with Crippen LogP contribution in [0.25, 0.3) is 10.9 Å². The number of aryl methyl sites for hydroxylation is 2. The Kier molecular flexibility index (Phi) is 4.06. The maximum Gasteiger partial charge on any atom is 0.0467 e. The number of rotatable bonds is 3. The van der Waals surface area contributed by atoms with Crippen molar-refractivity contribution >= 4 is 50.0 Å². The fourth-order valence-electron chi connectivity index (χ4n) is 2.33. The molecule has 0 saturated carbocycles. The molecule has 0 atom stereocenters. The number of benzene rings is 2. The molecule has 3 aromatic rings. The average molecular weight is 369 g/mol. The normalized spacial score (nSPS) is 11.2. The number of hydrogen-bond acceptors (Lipinski definition) is 0. The maximum absolute atomic E-state index is 6.02. The molecule has 1 nitrogen and oxygen atoms in total. The van der Waals surface area contributed by atoms with E-state index in [4.69, 9.17) is 23.2 Å². The Morgan fingerprint density at radius 1 is 0.900 bits per heavy atom. The number of aromatic amines is 1. The second-order valence-electron chi connectivity index (χ2n) is 4.80. The smallest absolute Gasteiger partial charge is 0.0467 e. The van der Waals surface area contributed by atoms with Crippen LogP contribution in [0.4, 0.5) is 0 Å². The van der Waals surface area contributed by atoms with E-state index in [1.54, 1.807) is 6.07 Å². The first-order valence-electron chi connectivity index (χ1n) is 6.32. The largest absolute Gasteiger partial charge is 0.358 e. The summed E-state index contributed by atoms with van der Waals surface area (Å²) in [6.45, 7) is 0. The number of fused-ring (bicyclic) bond motifs is 1. The molecule has 0 unspecified atom stereocenters. The van der Waals surface area contributed by atoms with Gasteiger partial charge in [0, 0.05) is 25.7 Å². The molecule has 0 saturated heterocycles. The van der Waals surface area contributed by atoms with Crippen molar-refractivity contribution in [1.29, 1.82) is 0 Å². The molecule has 0 aliphatic heterocycles. The van der Waals surface area contributed by atoms with Crippen LogP contribution in [0.1, 0.15) is 11.3 Å². The van der Waals surface area contributed by atoms with Crippen molar-refractivity contribution in [2.24, 2.45) is 0 Å². The Labute approximate surface area is 136 Å². The average Bonchev–Trinajstić information content (AvgIpc) is 2.77. The highest BCUT2D eigenvalue weighted by atomic mass is 79.9. The first kappa shape index (κ1) is 14.0. The Bertz CT molecular complexity index is 744. The number of halogens is 3. The van der Waals surface area contributed by atoms with Crippen molar-refractivity contribution in [1.82, 2.24) is 4.98 Å². The molecule has 0 spiro atoms. The molecule has 2 aromatic carbocycles. The van der Waals surface area contributed by atoms with Crippen LogP contribution in [0, 0.1) is 0 Å². The van der Waals surface area contributed by atoms with Gasteiger partial charge in [0.2, 0.25) is 0 Å². The summed E-state index contributed by atoms with van der Waals surface area (Å²) in [4.78, 5) is 3.44. The van der Waals surface area contributed by atoms with E-state index in [-0.39, 0.29) is 0 Å².